The van der Waals surface area contributed by atoms with Gasteiger partial charge in [-0.25, -0.2) is 0 Å². The Morgan fingerprint density at radius 3 is 2.43 bits per heavy atom. The molecule has 3 N–H and O–H groups in total. The van der Waals surface area contributed by atoms with E-state index in [0.29, 0.717) is 18.2 Å². The lowest BCUT2D eigenvalue weighted by atomic mass is 10.0. The van der Waals surface area contributed by atoms with Crippen molar-refractivity contribution in [1.29, 1.82) is 0 Å². The van der Waals surface area contributed by atoms with E-state index >= 15 is 0 Å². The van der Waals surface area contributed by atoms with Crippen LogP contribution in [0.25, 0.3) is 0 Å². The lowest BCUT2D eigenvalue weighted by Crippen LogP contribution is -3.28. The number of piperazine rings is 1. The molecule has 1 saturated heterocycles. The first kappa shape index (κ1) is 20.8. The third-order valence-electron chi connectivity index (χ3n) is 5.68. The number of quaternary nitrogens is 2. The molecular weight excluding hydrogens is 370 g/mol. The molecule has 2 heterocycles. The highest BCUT2D eigenvalue weighted by atomic mass is 32.1. The molecule has 1 aliphatic heterocycles. The average Bonchev–Trinajstić information content (AvgIpc) is 3.23. The predicted octanol–water partition coefficient (Wildman–Crippen LogP) is 0.810. The molecule has 1 amide bonds. The Labute approximate surface area is 172 Å². The molecule has 5 nitrogen and oxygen atoms in total. The molecule has 1 aromatic heterocycles. The molecule has 1 fully saturated rings. The summed E-state index contributed by atoms with van der Waals surface area (Å²) in [6.45, 7) is 12.9. The molecule has 28 heavy (non-hydrogen) atoms. The van der Waals surface area contributed by atoms with E-state index in [4.69, 9.17) is 4.74 Å². The predicted molar refractivity (Wildman–Crippen MR) is 114 cm³/mol. The third kappa shape index (κ3) is 5.13. The van der Waals surface area contributed by atoms with Gasteiger partial charge in [-0.3, -0.25) is 4.79 Å². The van der Waals surface area contributed by atoms with Crippen molar-refractivity contribution in [3.63, 3.8) is 0 Å². The summed E-state index contributed by atoms with van der Waals surface area (Å²) >= 11 is 1.79. The van der Waals surface area contributed by atoms with Crippen LogP contribution in [0, 0.1) is 0 Å². The lowest BCUT2D eigenvalue weighted by Gasteiger charge is -2.36. The Hall–Kier alpha value is -1.89. The van der Waals surface area contributed by atoms with Gasteiger partial charge in [0.25, 0.3) is 5.91 Å². The molecule has 1 aromatic carbocycles. The fourth-order valence-corrected chi connectivity index (χ4v) is 5.09. The van der Waals surface area contributed by atoms with Crippen LogP contribution in [0.5, 0.6) is 5.75 Å². The number of ether oxygens (including phenoxy) is 1. The van der Waals surface area contributed by atoms with E-state index in [-0.39, 0.29) is 11.9 Å². The van der Waals surface area contributed by atoms with E-state index in [9.17, 15) is 4.79 Å². The van der Waals surface area contributed by atoms with Crippen LogP contribution >= 0.6 is 11.3 Å². The summed E-state index contributed by atoms with van der Waals surface area (Å²) in [4.78, 5) is 17.4. The summed E-state index contributed by atoms with van der Waals surface area (Å²) in [6.07, 6.45) is 0. The molecule has 0 unspecified atom stereocenters. The van der Waals surface area contributed by atoms with Gasteiger partial charge in [0.2, 0.25) is 0 Å². The van der Waals surface area contributed by atoms with Crippen molar-refractivity contribution >= 4 is 17.2 Å². The highest BCUT2D eigenvalue weighted by Crippen LogP contribution is 2.20. The molecule has 0 saturated carbocycles. The van der Waals surface area contributed by atoms with E-state index in [1.165, 1.54) is 24.5 Å². The topological polar surface area (TPSA) is 47.2 Å². The molecule has 1 aliphatic rings. The number of hydrogen-bond acceptors (Lipinski definition) is 3. The minimum absolute atomic E-state index is 0.0191. The van der Waals surface area contributed by atoms with Crippen LogP contribution in [0.1, 0.15) is 42.0 Å². The number of likely N-dealkylation sites (N-methyl/N-ethyl adjacent to an activating group) is 1. The van der Waals surface area contributed by atoms with Crippen molar-refractivity contribution in [2.24, 2.45) is 0 Å². The second-order valence-corrected chi connectivity index (χ2v) is 8.45. The number of carbonyl (C=O) groups is 1. The van der Waals surface area contributed by atoms with Crippen LogP contribution in [0.4, 0.5) is 0 Å². The first-order valence-electron chi connectivity index (χ1n) is 10.4. The quantitative estimate of drug-likeness (QED) is 0.611. The second-order valence-electron chi connectivity index (χ2n) is 7.47. The minimum Gasteiger partial charge on any atom is -0.494 e. The van der Waals surface area contributed by atoms with Gasteiger partial charge in [0.05, 0.1) is 24.1 Å². The zero-order valence-electron chi connectivity index (χ0n) is 17.2. The van der Waals surface area contributed by atoms with Crippen LogP contribution in [-0.4, -0.2) is 51.3 Å². The number of nitrogens with one attached hydrogen (secondary N) is 3. The van der Waals surface area contributed by atoms with Crippen LogP contribution in [0.15, 0.2) is 41.8 Å². The van der Waals surface area contributed by atoms with Gasteiger partial charge in [-0.1, -0.05) is 6.07 Å². The number of carbonyl (C=O) groups excluding carboxylic acids is 1. The van der Waals surface area contributed by atoms with Crippen LogP contribution < -0.4 is 19.9 Å². The van der Waals surface area contributed by atoms with Gasteiger partial charge >= 0.3 is 0 Å². The van der Waals surface area contributed by atoms with Gasteiger partial charge in [0.1, 0.15) is 38.0 Å². The molecule has 152 valence electrons. The van der Waals surface area contributed by atoms with Gasteiger partial charge in [-0.2, -0.15) is 0 Å². The van der Waals surface area contributed by atoms with Crippen molar-refractivity contribution in [2.45, 2.75) is 32.9 Å². The Bertz CT molecular complexity index is 725. The Kier molecular flexibility index (Phi) is 7.48. The fraction of sp³-hybridized carbons (Fsp3) is 0.500. The Morgan fingerprint density at radius 1 is 1.14 bits per heavy atom. The molecule has 3 rings (SSSR count). The Morgan fingerprint density at radius 2 is 1.86 bits per heavy atom. The fourth-order valence-electron chi connectivity index (χ4n) is 4.10. The molecule has 0 bridgehead atoms. The summed E-state index contributed by atoms with van der Waals surface area (Å²) in [5.74, 6) is 0.777. The smallest absolute Gasteiger partial charge is 0.251 e. The summed E-state index contributed by atoms with van der Waals surface area (Å²) in [5, 5.41) is 5.39. The summed E-state index contributed by atoms with van der Waals surface area (Å²) in [5.41, 5.74) is 0.676. The molecule has 2 atom stereocenters. The van der Waals surface area contributed by atoms with Crippen molar-refractivity contribution in [3.05, 3.63) is 52.2 Å². The monoisotopic (exact) mass is 403 g/mol. The number of amides is 1. The highest BCUT2D eigenvalue weighted by Gasteiger charge is 2.35. The maximum absolute atomic E-state index is 12.8. The van der Waals surface area contributed by atoms with E-state index in [1.807, 2.05) is 31.2 Å². The zero-order chi connectivity index (χ0) is 19.9. The standard InChI is InChI=1S/C22H31N3O2S/c1-4-24-12-14-25(15-13-24)21(20-7-6-16-28-20)17(3)23-22(26)18-8-10-19(11-9-18)27-5-2/h6-11,16-17,21H,4-5,12-15H2,1-3H3,(H,23,26)/p+2/t17-,21+/m0/s1. The largest absolute Gasteiger partial charge is 0.494 e. The first-order chi connectivity index (χ1) is 13.6. The number of thiophene rings is 1. The second kappa shape index (κ2) is 10.0. The zero-order valence-corrected chi connectivity index (χ0v) is 18.0. The molecular formula is C22H33N3O2S+2. The molecule has 0 aliphatic carbocycles. The SMILES string of the molecule is CCOc1ccc(C(=O)N[C@@H](C)[C@H](c2cccs2)[NH+]2CC[NH+](CC)CC2)cc1. The summed E-state index contributed by atoms with van der Waals surface area (Å²) in [7, 11) is 0. The lowest BCUT2D eigenvalue weighted by molar-refractivity contribution is -1.03. The van der Waals surface area contributed by atoms with E-state index < -0.39 is 0 Å². The molecule has 0 spiro atoms. The number of hydrogen-bond donors (Lipinski definition) is 3. The molecule has 0 radical (unpaired) electrons. The van der Waals surface area contributed by atoms with Crippen molar-refractivity contribution < 1.29 is 19.3 Å². The minimum atomic E-state index is -0.0191. The number of benzene rings is 1. The van der Waals surface area contributed by atoms with Crippen molar-refractivity contribution in [3.8, 4) is 5.75 Å². The van der Waals surface area contributed by atoms with E-state index in [1.54, 1.807) is 21.1 Å². The van der Waals surface area contributed by atoms with Crippen molar-refractivity contribution in [2.75, 3.05) is 39.3 Å². The molecule has 6 heteroatoms. The maximum Gasteiger partial charge on any atom is 0.251 e. The first-order valence-corrected chi connectivity index (χ1v) is 11.3. The van der Waals surface area contributed by atoms with Crippen LogP contribution in [0.2, 0.25) is 0 Å². The van der Waals surface area contributed by atoms with Crippen LogP contribution in [-0.2, 0) is 0 Å². The summed E-state index contributed by atoms with van der Waals surface area (Å²) in [6, 6.07) is 12.1. The van der Waals surface area contributed by atoms with Gasteiger partial charge in [0.15, 0.2) is 0 Å². The maximum atomic E-state index is 12.8. The Balaban J connectivity index is 1.69. The van der Waals surface area contributed by atoms with E-state index in [2.05, 4.69) is 36.7 Å². The van der Waals surface area contributed by atoms with Gasteiger partial charge in [-0.15, -0.1) is 11.3 Å². The highest BCUT2D eigenvalue weighted by molar-refractivity contribution is 7.10. The van der Waals surface area contributed by atoms with Gasteiger partial charge in [0, 0.05) is 5.56 Å². The van der Waals surface area contributed by atoms with Gasteiger partial charge < -0.3 is 19.9 Å². The normalized spacial score (nSPS) is 21.7. The third-order valence-corrected chi connectivity index (χ3v) is 6.63. The molecule has 2 aromatic rings. The summed E-state index contributed by atoms with van der Waals surface area (Å²) < 4.78 is 5.47. The van der Waals surface area contributed by atoms with Crippen LogP contribution in [0.3, 0.4) is 0 Å². The van der Waals surface area contributed by atoms with Crippen molar-refractivity contribution in [1.82, 2.24) is 5.32 Å². The van der Waals surface area contributed by atoms with E-state index in [0.717, 1.165) is 18.8 Å². The average molecular weight is 404 g/mol. The van der Waals surface area contributed by atoms with Gasteiger partial charge in [-0.05, 0) is 56.5 Å². The number of rotatable bonds is 8.